The summed E-state index contributed by atoms with van der Waals surface area (Å²) >= 11 is 0. The maximum Gasteiger partial charge on any atom is 0.275 e. The lowest BCUT2D eigenvalue weighted by Gasteiger charge is -2.31. The van der Waals surface area contributed by atoms with Gasteiger partial charge < -0.3 is 10.2 Å². The topological polar surface area (TPSA) is 70.9 Å². The van der Waals surface area contributed by atoms with Crippen molar-refractivity contribution in [1.82, 2.24) is 9.62 Å². The van der Waals surface area contributed by atoms with Crippen molar-refractivity contribution in [2.45, 2.75) is 56.9 Å². The molecule has 7 heteroatoms. The summed E-state index contributed by atoms with van der Waals surface area (Å²) in [6, 6.07) is 5.82. The first-order chi connectivity index (χ1) is 12.9. The molecule has 1 aromatic rings. The summed E-state index contributed by atoms with van der Waals surface area (Å²) in [6.45, 7) is 6.83. The van der Waals surface area contributed by atoms with E-state index < -0.39 is 10.0 Å². The molecular weight excluding hydrogens is 362 g/mol. The van der Waals surface area contributed by atoms with Crippen LogP contribution in [0.2, 0.25) is 0 Å². The molecular formula is C20H32N3O3S+. The third-order valence-electron chi connectivity index (χ3n) is 5.90. The molecule has 0 bridgehead atoms. The quantitative estimate of drug-likeness (QED) is 0.702. The number of aryl methyl sites for hydroxylation is 2. The highest BCUT2D eigenvalue weighted by atomic mass is 32.2. The van der Waals surface area contributed by atoms with E-state index in [4.69, 9.17) is 0 Å². The van der Waals surface area contributed by atoms with Crippen molar-refractivity contribution in [3.63, 3.8) is 0 Å². The van der Waals surface area contributed by atoms with E-state index in [1.807, 2.05) is 12.1 Å². The first-order valence-corrected chi connectivity index (χ1v) is 11.6. The Balaban J connectivity index is 1.56. The lowest BCUT2D eigenvalue weighted by atomic mass is 10.1. The van der Waals surface area contributed by atoms with E-state index in [9.17, 15) is 13.2 Å². The Morgan fingerprint density at radius 3 is 2.48 bits per heavy atom. The van der Waals surface area contributed by atoms with Crippen LogP contribution >= 0.6 is 0 Å². The smallest absolute Gasteiger partial charge is 0.275 e. The minimum atomic E-state index is -3.44. The van der Waals surface area contributed by atoms with Gasteiger partial charge in [-0.2, -0.15) is 4.31 Å². The van der Waals surface area contributed by atoms with Crippen molar-refractivity contribution < 1.29 is 18.1 Å². The molecule has 2 aliphatic rings. The summed E-state index contributed by atoms with van der Waals surface area (Å²) in [4.78, 5) is 13.8. The minimum Gasteiger partial charge on any atom is -0.349 e. The lowest BCUT2D eigenvalue weighted by molar-refractivity contribution is -0.895. The van der Waals surface area contributed by atoms with Gasteiger partial charge in [-0.15, -0.1) is 0 Å². The van der Waals surface area contributed by atoms with E-state index in [0.717, 1.165) is 37.0 Å². The molecule has 0 spiro atoms. The van der Waals surface area contributed by atoms with Crippen LogP contribution in [-0.2, 0) is 27.7 Å². The van der Waals surface area contributed by atoms with Crippen LogP contribution in [0.25, 0.3) is 0 Å². The lowest BCUT2D eigenvalue weighted by Crippen LogP contribution is -3.15. The third kappa shape index (κ3) is 4.70. The zero-order chi connectivity index (χ0) is 19.4. The van der Waals surface area contributed by atoms with Crippen LogP contribution < -0.4 is 10.2 Å². The van der Waals surface area contributed by atoms with Gasteiger partial charge in [-0.05, 0) is 55.4 Å². The number of carbonyl (C=O) groups is 1. The van der Waals surface area contributed by atoms with Crippen LogP contribution in [0.4, 0.5) is 0 Å². The maximum absolute atomic E-state index is 13.0. The number of hydrogen-bond donors (Lipinski definition) is 2. The first kappa shape index (κ1) is 20.3. The molecule has 0 atom stereocenters. The molecule has 1 aromatic carbocycles. The first-order valence-electron chi connectivity index (χ1n) is 10.2. The van der Waals surface area contributed by atoms with Gasteiger partial charge in [-0.1, -0.05) is 19.9 Å². The second-order valence-electron chi connectivity index (χ2n) is 7.70. The molecule has 27 heavy (non-hydrogen) atoms. The predicted molar refractivity (Wildman–Crippen MR) is 105 cm³/mol. The second kappa shape index (κ2) is 8.71. The molecule has 1 aliphatic carbocycles. The second-order valence-corrected chi connectivity index (χ2v) is 9.63. The van der Waals surface area contributed by atoms with Gasteiger partial charge in [0, 0.05) is 6.04 Å². The molecule has 2 N–H and O–H groups in total. The molecule has 3 rings (SSSR count). The molecule has 0 saturated carbocycles. The van der Waals surface area contributed by atoms with Crippen molar-refractivity contribution in [3.8, 4) is 0 Å². The van der Waals surface area contributed by atoms with E-state index in [2.05, 4.69) is 19.2 Å². The van der Waals surface area contributed by atoms with E-state index in [0.29, 0.717) is 37.6 Å². The largest absolute Gasteiger partial charge is 0.349 e. The Bertz CT molecular complexity index is 767. The Morgan fingerprint density at radius 2 is 1.81 bits per heavy atom. The molecule has 1 fully saturated rings. The number of nitrogens with one attached hydrogen (secondary N) is 2. The highest BCUT2D eigenvalue weighted by molar-refractivity contribution is 7.89. The monoisotopic (exact) mass is 394 g/mol. The SMILES string of the molecule is CCC(CC)NC(=O)C[NH+]1CCN(S(=O)(=O)c2ccc3c(c2)CCC3)CC1. The highest BCUT2D eigenvalue weighted by Crippen LogP contribution is 2.26. The predicted octanol–water partition coefficient (Wildman–Crippen LogP) is 0.369. The summed E-state index contributed by atoms with van der Waals surface area (Å²) in [6.07, 6.45) is 5.01. The number of amides is 1. The number of nitrogens with zero attached hydrogens (tertiary/aromatic N) is 1. The molecule has 1 saturated heterocycles. The average molecular weight is 395 g/mol. The Hall–Kier alpha value is -1.44. The van der Waals surface area contributed by atoms with Crippen molar-refractivity contribution in [3.05, 3.63) is 29.3 Å². The Labute approximate surface area is 163 Å². The number of piperazine rings is 1. The fraction of sp³-hybridized carbons (Fsp3) is 0.650. The van der Waals surface area contributed by atoms with Gasteiger partial charge in [0.05, 0.1) is 31.1 Å². The van der Waals surface area contributed by atoms with Crippen LogP contribution in [0.1, 0.15) is 44.2 Å². The number of carbonyl (C=O) groups excluding carboxylic acids is 1. The zero-order valence-corrected chi connectivity index (χ0v) is 17.3. The fourth-order valence-corrected chi connectivity index (χ4v) is 5.57. The van der Waals surface area contributed by atoms with Crippen LogP contribution in [0.5, 0.6) is 0 Å². The molecule has 1 amide bonds. The van der Waals surface area contributed by atoms with Gasteiger partial charge in [-0.3, -0.25) is 4.79 Å². The molecule has 6 nitrogen and oxygen atoms in total. The summed E-state index contributed by atoms with van der Waals surface area (Å²) in [7, 11) is -3.44. The van der Waals surface area contributed by atoms with Crippen molar-refractivity contribution in [2.24, 2.45) is 0 Å². The van der Waals surface area contributed by atoms with Crippen molar-refractivity contribution in [1.29, 1.82) is 0 Å². The molecule has 0 aromatic heterocycles. The van der Waals surface area contributed by atoms with Crippen molar-refractivity contribution in [2.75, 3.05) is 32.7 Å². The standard InChI is InChI=1S/C20H31N3O3S/c1-3-18(4-2)21-20(24)15-22-10-12-23(13-11-22)27(25,26)19-9-8-16-6-5-7-17(16)14-19/h8-9,14,18H,3-7,10-13,15H2,1-2H3,(H,21,24)/p+1. The minimum absolute atomic E-state index is 0.0635. The summed E-state index contributed by atoms with van der Waals surface area (Å²) < 4.78 is 27.5. The summed E-state index contributed by atoms with van der Waals surface area (Å²) in [5.74, 6) is 0.0635. The van der Waals surface area contributed by atoms with Gasteiger partial charge in [-0.25, -0.2) is 8.42 Å². The fourth-order valence-electron chi connectivity index (χ4n) is 4.08. The van der Waals surface area contributed by atoms with Gasteiger partial charge in [0.25, 0.3) is 5.91 Å². The number of benzene rings is 1. The summed E-state index contributed by atoms with van der Waals surface area (Å²) in [5, 5.41) is 3.06. The van der Waals surface area contributed by atoms with Crippen LogP contribution in [0.3, 0.4) is 0 Å². The molecule has 0 unspecified atom stereocenters. The third-order valence-corrected chi connectivity index (χ3v) is 7.79. The van der Waals surface area contributed by atoms with E-state index >= 15 is 0 Å². The zero-order valence-electron chi connectivity index (χ0n) is 16.5. The van der Waals surface area contributed by atoms with Gasteiger partial charge in [0.15, 0.2) is 6.54 Å². The number of sulfonamides is 1. The van der Waals surface area contributed by atoms with Gasteiger partial charge in [0.1, 0.15) is 0 Å². The van der Waals surface area contributed by atoms with E-state index in [1.54, 1.807) is 10.4 Å². The molecule has 1 heterocycles. The van der Waals surface area contributed by atoms with E-state index in [-0.39, 0.29) is 11.9 Å². The molecule has 0 radical (unpaired) electrons. The summed E-state index contributed by atoms with van der Waals surface area (Å²) in [5.41, 5.74) is 2.46. The van der Waals surface area contributed by atoms with Gasteiger partial charge in [0.2, 0.25) is 10.0 Å². The number of hydrogen-bond acceptors (Lipinski definition) is 3. The Kier molecular flexibility index (Phi) is 6.55. The number of fused-ring (bicyclic) bond motifs is 1. The van der Waals surface area contributed by atoms with Crippen LogP contribution in [0, 0.1) is 0 Å². The van der Waals surface area contributed by atoms with Crippen LogP contribution in [-0.4, -0.2) is 57.4 Å². The average Bonchev–Trinajstić information content (AvgIpc) is 3.14. The van der Waals surface area contributed by atoms with Crippen LogP contribution in [0.15, 0.2) is 23.1 Å². The van der Waals surface area contributed by atoms with Crippen molar-refractivity contribution >= 4 is 15.9 Å². The number of quaternary nitrogens is 1. The molecule has 1 aliphatic heterocycles. The maximum atomic E-state index is 13.0. The Morgan fingerprint density at radius 1 is 1.15 bits per heavy atom. The normalized spacial score (nSPS) is 18.6. The van der Waals surface area contributed by atoms with E-state index in [1.165, 1.54) is 11.1 Å². The van der Waals surface area contributed by atoms with Gasteiger partial charge >= 0.3 is 0 Å². The highest BCUT2D eigenvalue weighted by Gasteiger charge is 2.31. The number of rotatable bonds is 7. The molecule has 150 valence electrons.